The van der Waals surface area contributed by atoms with Crippen molar-refractivity contribution in [3.05, 3.63) is 53.6 Å². The summed E-state index contributed by atoms with van der Waals surface area (Å²) >= 11 is 1.52. The van der Waals surface area contributed by atoms with E-state index in [9.17, 15) is 9.59 Å². The maximum Gasteiger partial charge on any atom is 0.307 e. The quantitative estimate of drug-likeness (QED) is 0.344. The third kappa shape index (κ3) is 4.29. The van der Waals surface area contributed by atoms with Crippen LogP contribution in [0, 0.1) is 5.41 Å². The number of nitrogens with zero attached hydrogens (tertiary/aromatic N) is 1. The minimum Gasteiger partial charge on any atom is -0.469 e. The Morgan fingerprint density at radius 2 is 1.89 bits per heavy atom. The number of ether oxygens (including phenoxy) is 1. The molecule has 3 aromatic rings. The molecule has 1 heterocycles. The van der Waals surface area contributed by atoms with Gasteiger partial charge in [0.2, 0.25) is 0 Å². The van der Waals surface area contributed by atoms with E-state index in [0.29, 0.717) is 11.1 Å². The van der Waals surface area contributed by atoms with E-state index in [2.05, 4.69) is 15.0 Å². The molecular weight excluding hydrogens is 364 g/mol. The summed E-state index contributed by atoms with van der Waals surface area (Å²) in [5.41, 5.74) is 8.26. The van der Waals surface area contributed by atoms with Crippen LogP contribution in [0.1, 0.15) is 22.3 Å². The molecule has 1 aromatic heterocycles. The van der Waals surface area contributed by atoms with E-state index in [1.165, 1.54) is 18.4 Å². The lowest BCUT2D eigenvalue weighted by atomic mass is 10.1. The molecule has 0 saturated carbocycles. The van der Waals surface area contributed by atoms with Crippen molar-refractivity contribution in [1.29, 1.82) is 5.41 Å². The summed E-state index contributed by atoms with van der Waals surface area (Å²) < 4.78 is 5.51. The summed E-state index contributed by atoms with van der Waals surface area (Å²) in [7, 11) is 1.31. The zero-order chi connectivity index (χ0) is 19.4. The molecule has 8 heteroatoms. The first-order chi connectivity index (χ1) is 13.0. The molecular formula is C19H18N4O3S. The molecule has 0 spiro atoms. The van der Waals surface area contributed by atoms with Crippen LogP contribution in [0.15, 0.2) is 42.5 Å². The minimum absolute atomic E-state index is 0.0219. The molecule has 0 saturated heterocycles. The molecule has 3 rings (SSSR count). The molecule has 1 amide bonds. The SMILES string of the molecule is COC(=O)CCNC(=O)c1ccc2sc(-c3ccc(C(=N)N)cc3)nc2c1. The third-order valence-electron chi connectivity index (χ3n) is 3.93. The van der Waals surface area contributed by atoms with Crippen LogP contribution in [0.5, 0.6) is 0 Å². The van der Waals surface area contributed by atoms with Gasteiger partial charge in [-0.05, 0) is 18.2 Å². The molecule has 27 heavy (non-hydrogen) atoms. The first-order valence-electron chi connectivity index (χ1n) is 8.18. The second kappa shape index (κ2) is 7.96. The molecule has 0 unspecified atom stereocenters. The van der Waals surface area contributed by atoms with Crippen molar-refractivity contribution in [2.45, 2.75) is 6.42 Å². The number of amidine groups is 1. The molecule has 0 aliphatic carbocycles. The lowest BCUT2D eigenvalue weighted by molar-refractivity contribution is -0.140. The topological polar surface area (TPSA) is 118 Å². The second-order valence-corrected chi connectivity index (χ2v) is 6.81. The second-order valence-electron chi connectivity index (χ2n) is 5.77. The van der Waals surface area contributed by atoms with E-state index >= 15 is 0 Å². The molecule has 4 N–H and O–H groups in total. The molecule has 0 atom stereocenters. The van der Waals surface area contributed by atoms with Crippen LogP contribution in [0.25, 0.3) is 20.8 Å². The summed E-state index contributed by atoms with van der Waals surface area (Å²) in [6.07, 6.45) is 0.127. The number of benzene rings is 2. The highest BCUT2D eigenvalue weighted by atomic mass is 32.1. The fourth-order valence-electron chi connectivity index (χ4n) is 2.47. The third-order valence-corrected chi connectivity index (χ3v) is 5.02. The van der Waals surface area contributed by atoms with Crippen molar-refractivity contribution in [2.75, 3.05) is 13.7 Å². The average Bonchev–Trinajstić information content (AvgIpc) is 3.11. The van der Waals surface area contributed by atoms with Crippen LogP contribution < -0.4 is 11.1 Å². The number of methoxy groups -OCH3 is 1. The highest BCUT2D eigenvalue weighted by molar-refractivity contribution is 7.21. The smallest absolute Gasteiger partial charge is 0.307 e. The van der Waals surface area contributed by atoms with Gasteiger partial charge < -0.3 is 15.8 Å². The number of rotatable bonds is 6. The lowest BCUT2D eigenvalue weighted by Gasteiger charge is -2.04. The predicted octanol–water partition coefficient (Wildman–Crippen LogP) is 2.54. The summed E-state index contributed by atoms with van der Waals surface area (Å²) in [5, 5.41) is 11.0. The highest BCUT2D eigenvalue weighted by Crippen LogP contribution is 2.30. The number of fused-ring (bicyclic) bond motifs is 1. The van der Waals surface area contributed by atoms with E-state index in [-0.39, 0.29) is 30.7 Å². The summed E-state index contributed by atoms with van der Waals surface area (Å²) in [5.74, 6) is -0.611. The Bertz CT molecular complexity index is 1010. The number of carbonyl (C=O) groups excluding carboxylic acids is 2. The van der Waals surface area contributed by atoms with Gasteiger partial charge in [0.05, 0.1) is 23.7 Å². The summed E-state index contributed by atoms with van der Waals surface area (Å²) in [6, 6.07) is 12.6. The molecule has 0 aliphatic rings. The van der Waals surface area contributed by atoms with Gasteiger partial charge in [-0.2, -0.15) is 0 Å². The van der Waals surface area contributed by atoms with E-state index in [1.807, 2.05) is 18.2 Å². The van der Waals surface area contributed by atoms with Gasteiger partial charge in [-0.15, -0.1) is 11.3 Å². The van der Waals surface area contributed by atoms with E-state index in [1.54, 1.807) is 24.3 Å². The number of carbonyl (C=O) groups is 2. The zero-order valence-electron chi connectivity index (χ0n) is 14.6. The molecule has 0 fully saturated rings. The van der Waals surface area contributed by atoms with Crippen molar-refractivity contribution < 1.29 is 14.3 Å². The van der Waals surface area contributed by atoms with E-state index in [4.69, 9.17) is 11.1 Å². The van der Waals surface area contributed by atoms with Crippen molar-refractivity contribution in [1.82, 2.24) is 10.3 Å². The van der Waals surface area contributed by atoms with E-state index < -0.39 is 0 Å². The average molecular weight is 382 g/mol. The van der Waals surface area contributed by atoms with Crippen molar-refractivity contribution in [3.8, 4) is 10.6 Å². The number of nitrogens with two attached hydrogens (primary N) is 1. The summed E-state index contributed by atoms with van der Waals surface area (Å²) in [6.45, 7) is 0.217. The van der Waals surface area contributed by atoms with Crippen LogP contribution in [0.2, 0.25) is 0 Å². The van der Waals surface area contributed by atoms with Crippen molar-refractivity contribution >= 4 is 39.3 Å². The normalized spacial score (nSPS) is 10.6. The van der Waals surface area contributed by atoms with Crippen molar-refractivity contribution in [2.24, 2.45) is 5.73 Å². The predicted molar refractivity (Wildman–Crippen MR) is 105 cm³/mol. The Labute approximate surface area is 159 Å². The molecule has 0 bridgehead atoms. The number of hydrogen-bond acceptors (Lipinski definition) is 6. The largest absolute Gasteiger partial charge is 0.469 e. The van der Waals surface area contributed by atoms with Gasteiger partial charge in [-0.25, -0.2) is 4.98 Å². The fourth-order valence-corrected chi connectivity index (χ4v) is 3.42. The highest BCUT2D eigenvalue weighted by Gasteiger charge is 2.11. The monoisotopic (exact) mass is 382 g/mol. The number of nitrogen functional groups attached to an aromatic ring is 1. The number of esters is 1. The Morgan fingerprint density at radius 1 is 1.19 bits per heavy atom. The van der Waals surface area contributed by atoms with Gasteiger partial charge >= 0.3 is 5.97 Å². The maximum atomic E-state index is 12.2. The number of aromatic nitrogens is 1. The van der Waals surface area contributed by atoms with Gasteiger partial charge in [-0.1, -0.05) is 24.3 Å². The summed E-state index contributed by atoms with van der Waals surface area (Å²) in [4.78, 5) is 27.9. The van der Waals surface area contributed by atoms with Gasteiger partial charge in [0.1, 0.15) is 10.8 Å². The molecule has 2 aromatic carbocycles. The van der Waals surface area contributed by atoms with Crippen LogP contribution in [-0.2, 0) is 9.53 Å². The van der Waals surface area contributed by atoms with Crippen LogP contribution in [0.4, 0.5) is 0 Å². The van der Waals surface area contributed by atoms with Crippen molar-refractivity contribution in [3.63, 3.8) is 0 Å². The Hall–Kier alpha value is -3.26. The number of hydrogen-bond donors (Lipinski definition) is 3. The van der Waals surface area contributed by atoms with Gasteiger partial charge in [-0.3, -0.25) is 15.0 Å². The molecule has 7 nitrogen and oxygen atoms in total. The Kier molecular flexibility index (Phi) is 5.46. The minimum atomic E-state index is -0.370. The molecule has 0 aliphatic heterocycles. The van der Waals surface area contributed by atoms with Crippen LogP contribution in [-0.4, -0.2) is 36.4 Å². The molecule has 0 radical (unpaired) electrons. The van der Waals surface area contributed by atoms with Gasteiger partial charge in [0.15, 0.2) is 0 Å². The number of nitrogens with one attached hydrogen (secondary N) is 2. The Morgan fingerprint density at radius 3 is 2.56 bits per heavy atom. The lowest BCUT2D eigenvalue weighted by Crippen LogP contribution is -2.26. The van der Waals surface area contributed by atoms with Crippen LogP contribution >= 0.6 is 11.3 Å². The van der Waals surface area contributed by atoms with Gasteiger partial charge in [0.25, 0.3) is 5.91 Å². The molecule has 138 valence electrons. The zero-order valence-corrected chi connectivity index (χ0v) is 15.4. The van der Waals surface area contributed by atoms with Gasteiger partial charge in [0, 0.05) is 23.2 Å². The van der Waals surface area contributed by atoms with E-state index in [0.717, 1.165) is 20.8 Å². The standard InChI is InChI=1S/C19H18N4O3S/c1-26-16(24)8-9-22-18(25)13-6-7-15-14(10-13)23-19(27-15)12-4-2-11(3-5-12)17(20)21/h2-7,10H,8-9H2,1H3,(H3,20,21)(H,22,25). The Balaban J connectivity index is 1.77. The first-order valence-corrected chi connectivity index (χ1v) is 9.00. The number of thiazole rings is 1. The first kappa shape index (κ1) is 18.5. The number of amides is 1. The maximum absolute atomic E-state index is 12.2. The van der Waals surface area contributed by atoms with Crippen LogP contribution in [0.3, 0.4) is 0 Å². The fraction of sp³-hybridized carbons (Fsp3) is 0.158.